The number of carbonyl (C=O) groups is 2. The standard InChI is InChI=1S/C17H21N3O4/c1-17(2,3)24-16(23)20-8-4-5-13(20)14-18-11-7-6-10(15(21)22)9-12(11)19-14/h6-7,9,13H,4-5,8H2,1-3H3,(H,18,19)(H,21,22). The number of imidazole rings is 1. The van der Waals surface area contributed by atoms with Gasteiger partial charge in [0.2, 0.25) is 0 Å². The largest absolute Gasteiger partial charge is 0.478 e. The van der Waals surface area contributed by atoms with E-state index < -0.39 is 11.6 Å². The Bertz CT molecular complexity index is 791. The summed E-state index contributed by atoms with van der Waals surface area (Å²) in [5, 5.41) is 9.08. The van der Waals surface area contributed by atoms with Crippen LogP contribution >= 0.6 is 0 Å². The molecule has 7 nitrogen and oxygen atoms in total. The van der Waals surface area contributed by atoms with Crippen molar-refractivity contribution in [3.05, 3.63) is 29.6 Å². The molecule has 2 heterocycles. The zero-order valence-corrected chi connectivity index (χ0v) is 14.0. The van der Waals surface area contributed by atoms with Gasteiger partial charge in [0.15, 0.2) is 0 Å². The van der Waals surface area contributed by atoms with Gasteiger partial charge in [0.1, 0.15) is 11.4 Å². The van der Waals surface area contributed by atoms with Gasteiger partial charge in [-0.1, -0.05) is 0 Å². The van der Waals surface area contributed by atoms with Crippen LogP contribution in [0, 0.1) is 0 Å². The first kappa shape index (κ1) is 16.3. The van der Waals surface area contributed by atoms with E-state index in [9.17, 15) is 9.59 Å². The zero-order valence-electron chi connectivity index (χ0n) is 14.0. The van der Waals surface area contributed by atoms with Gasteiger partial charge < -0.3 is 14.8 Å². The molecule has 1 unspecified atom stereocenters. The number of aromatic nitrogens is 2. The molecule has 0 spiro atoms. The topological polar surface area (TPSA) is 95.5 Å². The second kappa shape index (κ2) is 5.81. The molecular formula is C17H21N3O4. The van der Waals surface area contributed by atoms with Crippen LogP contribution < -0.4 is 0 Å². The molecule has 1 fully saturated rings. The maximum Gasteiger partial charge on any atom is 0.410 e. The highest BCUT2D eigenvalue weighted by atomic mass is 16.6. The average Bonchev–Trinajstić information content (AvgIpc) is 3.10. The van der Waals surface area contributed by atoms with Gasteiger partial charge in [-0.2, -0.15) is 0 Å². The molecule has 0 aliphatic carbocycles. The molecule has 0 saturated carbocycles. The molecule has 3 rings (SSSR count). The maximum absolute atomic E-state index is 12.4. The van der Waals surface area contributed by atoms with Crippen LogP contribution in [0.3, 0.4) is 0 Å². The van der Waals surface area contributed by atoms with Crippen LogP contribution in [-0.2, 0) is 4.74 Å². The highest BCUT2D eigenvalue weighted by Crippen LogP contribution is 2.32. The summed E-state index contributed by atoms with van der Waals surface area (Å²) in [5.41, 5.74) is 0.995. The summed E-state index contributed by atoms with van der Waals surface area (Å²) in [4.78, 5) is 32.8. The van der Waals surface area contributed by atoms with E-state index in [-0.39, 0.29) is 17.7 Å². The molecule has 1 atom stereocenters. The second-order valence-corrected chi connectivity index (χ2v) is 6.99. The molecule has 7 heteroatoms. The number of aromatic carboxylic acids is 1. The molecule has 1 aromatic heterocycles. The number of hydrogen-bond acceptors (Lipinski definition) is 4. The molecule has 24 heavy (non-hydrogen) atoms. The molecule has 1 aliphatic heterocycles. The van der Waals surface area contributed by atoms with Crippen LogP contribution in [0.15, 0.2) is 18.2 Å². The number of fused-ring (bicyclic) bond motifs is 1. The van der Waals surface area contributed by atoms with Gasteiger partial charge in [-0.05, 0) is 51.8 Å². The molecule has 0 bridgehead atoms. The number of carboxylic acids is 1. The SMILES string of the molecule is CC(C)(C)OC(=O)N1CCCC1c1nc2ccc(C(=O)O)cc2[nH]1. The molecule has 2 aromatic rings. The summed E-state index contributed by atoms with van der Waals surface area (Å²) in [5.74, 6) is -0.319. The van der Waals surface area contributed by atoms with E-state index in [1.165, 1.54) is 6.07 Å². The predicted molar refractivity (Wildman–Crippen MR) is 88.0 cm³/mol. The average molecular weight is 331 g/mol. The highest BCUT2D eigenvalue weighted by molar-refractivity contribution is 5.92. The predicted octanol–water partition coefficient (Wildman–Crippen LogP) is 3.33. The van der Waals surface area contributed by atoms with Crippen molar-refractivity contribution in [1.29, 1.82) is 0 Å². The molecule has 0 radical (unpaired) electrons. The minimum atomic E-state index is -0.982. The van der Waals surface area contributed by atoms with E-state index in [1.807, 2.05) is 20.8 Å². The van der Waals surface area contributed by atoms with E-state index in [0.717, 1.165) is 12.8 Å². The first-order valence-electron chi connectivity index (χ1n) is 7.97. The van der Waals surface area contributed by atoms with Crippen molar-refractivity contribution in [1.82, 2.24) is 14.9 Å². The smallest absolute Gasteiger partial charge is 0.410 e. The Balaban J connectivity index is 1.88. The van der Waals surface area contributed by atoms with Crippen molar-refractivity contribution in [2.24, 2.45) is 0 Å². The summed E-state index contributed by atoms with van der Waals surface area (Å²) >= 11 is 0. The van der Waals surface area contributed by atoms with Crippen LogP contribution in [-0.4, -0.2) is 44.2 Å². The van der Waals surface area contributed by atoms with Crippen molar-refractivity contribution < 1.29 is 19.4 Å². The van der Waals surface area contributed by atoms with E-state index in [2.05, 4.69) is 9.97 Å². The van der Waals surface area contributed by atoms with Gasteiger partial charge in [-0.3, -0.25) is 4.90 Å². The third kappa shape index (κ3) is 3.20. The molecule has 128 valence electrons. The van der Waals surface area contributed by atoms with Gasteiger partial charge in [0, 0.05) is 6.54 Å². The van der Waals surface area contributed by atoms with Gasteiger partial charge in [0.25, 0.3) is 0 Å². The van der Waals surface area contributed by atoms with Crippen LogP contribution in [0.2, 0.25) is 0 Å². The summed E-state index contributed by atoms with van der Waals surface area (Å²) < 4.78 is 5.47. The monoisotopic (exact) mass is 331 g/mol. The lowest BCUT2D eigenvalue weighted by Crippen LogP contribution is -2.36. The summed E-state index contributed by atoms with van der Waals surface area (Å²) in [6.45, 7) is 6.14. The first-order chi connectivity index (χ1) is 11.2. The number of H-pyrrole nitrogens is 1. The number of rotatable bonds is 2. The lowest BCUT2D eigenvalue weighted by molar-refractivity contribution is 0.0218. The van der Waals surface area contributed by atoms with Crippen LogP contribution in [0.4, 0.5) is 4.79 Å². The Morgan fingerprint density at radius 3 is 2.79 bits per heavy atom. The fourth-order valence-corrected chi connectivity index (χ4v) is 2.91. The van der Waals surface area contributed by atoms with Crippen molar-refractivity contribution in [3.63, 3.8) is 0 Å². The second-order valence-electron chi connectivity index (χ2n) is 6.99. The van der Waals surface area contributed by atoms with Gasteiger partial charge in [0.05, 0.1) is 22.6 Å². The number of benzene rings is 1. The number of nitrogens with one attached hydrogen (secondary N) is 1. The van der Waals surface area contributed by atoms with E-state index in [0.29, 0.717) is 23.4 Å². The molecular weight excluding hydrogens is 310 g/mol. The number of carbonyl (C=O) groups excluding carboxylic acids is 1. The molecule has 1 aromatic carbocycles. The summed E-state index contributed by atoms with van der Waals surface area (Å²) in [7, 11) is 0. The lowest BCUT2D eigenvalue weighted by Gasteiger charge is -2.27. The Labute approximate surface area is 139 Å². The molecule has 2 N–H and O–H groups in total. The minimum Gasteiger partial charge on any atom is -0.478 e. The maximum atomic E-state index is 12.4. The summed E-state index contributed by atoms with van der Waals surface area (Å²) in [6.07, 6.45) is 1.32. The Morgan fingerprint density at radius 2 is 2.12 bits per heavy atom. The quantitative estimate of drug-likeness (QED) is 0.880. The Kier molecular flexibility index (Phi) is 3.95. The number of aromatic amines is 1. The third-order valence-electron chi connectivity index (χ3n) is 3.94. The number of carboxylic acid groups (broad SMARTS) is 1. The molecule has 1 saturated heterocycles. The van der Waals surface area contributed by atoms with E-state index in [1.54, 1.807) is 17.0 Å². The number of amides is 1. The van der Waals surface area contributed by atoms with E-state index in [4.69, 9.17) is 9.84 Å². The first-order valence-corrected chi connectivity index (χ1v) is 7.97. The number of hydrogen-bond donors (Lipinski definition) is 2. The fraction of sp³-hybridized carbons (Fsp3) is 0.471. The number of ether oxygens (including phenoxy) is 1. The van der Waals surface area contributed by atoms with Crippen LogP contribution in [0.1, 0.15) is 55.8 Å². The Morgan fingerprint density at radius 1 is 1.38 bits per heavy atom. The van der Waals surface area contributed by atoms with Gasteiger partial charge in [-0.25, -0.2) is 14.6 Å². The van der Waals surface area contributed by atoms with Crippen LogP contribution in [0.25, 0.3) is 11.0 Å². The van der Waals surface area contributed by atoms with Crippen molar-refractivity contribution in [2.75, 3.05) is 6.54 Å². The normalized spacial score (nSPS) is 18.1. The molecule has 1 amide bonds. The molecule has 1 aliphatic rings. The minimum absolute atomic E-state index is 0.180. The number of nitrogens with zero attached hydrogens (tertiary/aromatic N) is 2. The van der Waals surface area contributed by atoms with Crippen molar-refractivity contribution in [3.8, 4) is 0 Å². The zero-order chi connectivity index (χ0) is 17.5. The van der Waals surface area contributed by atoms with Crippen molar-refractivity contribution in [2.45, 2.75) is 45.3 Å². The van der Waals surface area contributed by atoms with Gasteiger partial charge in [-0.15, -0.1) is 0 Å². The van der Waals surface area contributed by atoms with Crippen molar-refractivity contribution >= 4 is 23.1 Å². The fourth-order valence-electron chi connectivity index (χ4n) is 2.91. The number of likely N-dealkylation sites (tertiary alicyclic amines) is 1. The van der Waals surface area contributed by atoms with Crippen LogP contribution in [0.5, 0.6) is 0 Å². The van der Waals surface area contributed by atoms with Gasteiger partial charge >= 0.3 is 12.1 Å². The highest BCUT2D eigenvalue weighted by Gasteiger charge is 2.34. The third-order valence-corrected chi connectivity index (χ3v) is 3.94. The van der Waals surface area contributed by atoms with E-state index >= 15 is 0 Å². The Hall–Kier alpha value is -2.57. The summed E-state index contributed by atoms with van der Waals surface area (Å²) in [6, 6.07) is 4.57. The lowest BCUT2D eigenvalue weighted by atomic mass is 10.2.